The topological polar surface area (TPSA) is 43.9 Å². The highest BCUT2D eigenvalue weighted by Crippen LogP contribution is 2.20. The van der Waals surface area contributed by atoms with E-state index in [1.165, 1.54) is 0 Å². The predicted octanol–water partition coefficient (Wildman–Crippen LogP) is 1.95. The lowest BCUT2D eigenvalue weighted by Crippen LogP contribution is -2.40. The first kappa shape index (κ1) is 18.5. The minimum absolute atomic E-state index is 0.115. The van der Waals surface area contributed by atoms with Gasteiger partial charge in [0, 0.05) is 39.3 Å². The first-order chi connectivity index (χ1) is 11.5. The number of nitrogens with zero attached hydrogens (tertiary/aromatic N) is 3. The van der Waals surface area contributed by atoms with Crippen LogP contribution < -0.4 is 0 Å². The Morgan fingerprint density at radius 2 is 1.92 bits per heavy atom. The SMILES string of the molecule is CCCN(CC(=O)N(C)C)C[C@H]1CCN(C(=O)c2ccccc2)C1. The lowest BCUT2D eigenvalue weighted by atomic mass is 10.1. The van der Waals surface area contributed by atoms with Crippen molar-refractivity contribution >= 4 is 11.8 Å². The van der Waals surface area contributed by atoms with Crippen molar-refractivity contribution in [2.75, 3.05) is 46.8 Å². The average Bonchev–Trinajstić information content (AvgIpc) is 3.03. The smallest absolute Gasteiger partial charge is 0.253 e. The summed E-state index contributed by atoms with van der Waals surface area (Å²) in [6.07, 6.45) is 2.04. The van der Waals surface area contributed by atoms with E-state index in [9.17, 15) is 9.59 Å². The molecule has 1 aliphatic heterocycles. The predicted molar refractivity (Wildman–Crippen MR) is 95.9 cm³/mol. The summed E-state index contributed by atoms with van der Waals surface area (Å²) in [7, 11) is 3.59. The van der Waals surface area contributed by atoms with Crippen LogP contribution in [0, 0.1) is 5.92 Å². The molecular weight excluding hydrogens is 302 g/mol. The largest absolute Gasteiger partial charge is 0.348 e. The summed E-state index contributed by atoms with van der Waals surface area (Å²) in [5.74, 6) is 0.697. The highest BCUT2D eigenvalue weighted by Gasteiger charge is 2.28. The Bertz CT molecular complexity index is 545. The van der Waals surface area contributed by atoms with Crippen LogP contribution in [0.2, 0.25) is 0 Å². The lowest BCUT2D eigenvalue weighted by Gasteiger charge is -2.26. The molecule has 1 aromatic carbocycles. The molecule has 132 valence electrons. The van der Waals surface area contributed by atoms with Gasteiger partial charge in [-0.1, -0.05) is 25.1 Å². The van der Waals surface area contributed by atoms with Gasteiger partial charge in [-0.15, -0.1) is 0 Å². The van der Waals surface area contributed by atoms with Crippen molar-refractivity contribution in [3.63, 3.8) is 0 Å². The molecule has 0 bridgehead atoms. The van der Waals surface area contributed by atoms with E-state index in [0.29, 0.717) is 12.5 Å². The number of amides is 2. The molecule has 5 heteroatoms. The van der Waals surface area contributed by atoms with Crippen LogP contribution in [0.1, 0.15) is 30.1 Å². The molecule has 1 atom stereocenters. The van der Waals surface area contributed by atoms with E-state index in [4.69, 9.17) is 0 Å². The monoisotopic (exact) mass is 331 g/mol. The zero-order valence-electron chi connectivity index (χ0n) is 15.1. The van der Waals surface area contributed by atoms with E-state index < -0.39 is 0 Å². The summed E-state index contributed by atoms with van der Waals surface area (Å²) in [6.45, 7) is 5.98. The number of likely N-dealkylation sites (N-methyl/N-ethyl adjacent to an activating group) is 1. The Morgan fingerprint density at radius 3 is 2.54 bits per heavy atom. The molecule has 0 spiro atoms. The van der Waals surface area contributed by atoms with Crippen LogP contribution >= 0.6 is 0 Å². The van der Waals surface area contributed by atoms with Crippen LogP contribution in [0.5, 0.6) is 0 Å². The Balaban J connectivity index is 1.89. The molecule has 2 rings (SSSR count). The standard InChI is InChI=1S/C19H29N3O2/c1-4-11-21(15-18(23)20(2)3)13-16-10-12-22(14-16)19(24)17-8-6-5-7-9-17/h5-9,16H,4,10-15H2,1-3H3/t16-/m1/s1. The summed E-state index contributed by atoms with van der Waals surface area (Å²) in [6, 6.07) is 9.46. The van der Waals surface area contributed by atoms with Gasteiger partial charge in [0.25, 0.3) is 5.91 Å². The van der Waals surface area contributed by atoms with Gasteiger partial charge in [0.15, 0.2) is 0 Å². The van der Waals surface area contributed by atoms with E-state index in [1.54, 1.807) is 19.0 Å². The molecule has 5 nitrogen and oxygen atoms in total. The minimum Gasteiger partial charge on any atom is -0.348 e. The summed E-state index contributed by atoms with van der Waals surface area (Å²) in [5.41, 5.74) is 0.756. The Labute approximate surface area is 145 Å². The molecule has 0 aromatic heterocycles. The van der Waals surface area contributed by atoms with Gasteiger partial charge < -0.3 is 9.80 Å². The van der Waals surface area contributed by atoms with Crippen LogP contribution in [0.15, 0.2) is 30.3 Å². The van der Waals surface area contributed by atoms with Gasteiger partial charge in [0.2, 0.25) is 5.91 Å². The third kappa shape index (κ3) is 5.06. The molecular formula is C19H29N3O2. The molecule has 0 unspecified atom stereocenters. The lowest BCUT2D eigenvalue weighted by molar-refractivity contribution is -0.130. The molecule has 1 saturated heterocycles. The maximum absolute atomic E-state index is 12.5. The van der Waals surface area contributed by atoms with Crippen LogP contribution in [0.4, 0.5) is 0 Å². The number of likely N-dealkylation sites (tertiary alicyclic amines) is 1. The second-order valence-electron chi connectivity index (χ2n) is 6.80. The second-order valence-corrected chi connectivity index (χ2v) is 6.80. The zero-order valence-corrected chi connectivity index (χ0v) is 15.1. The first-order valence-corrected chi connectivity index (χ1v) is 8.78. The molecule has 1 aromatic rings. The van der Waals surface area contributed by atoms with E-state index in [0.717, 1.165) is 44.6 Å². The number of hydrogen-bond acceptors (Lipinski definition) is 3. The summed E-state index contributed by atoms with van der Waals surface area (Å²) in [4.78, 5) is 30.3. The van der Waals surface area contributed by atoms with E-state index in [1.807, 2.05) is 35.2 Å². The van der Waals surface area contributed by atoms with Crippen molar-refractivity contribution in [3.8, 4) is 0 Å². The Hall–Kier alpha value is -1.88. The van der Waals surface area contributed by atoms with Crippen LogP contribution in [-0.2, 0) is 4.79 Å². The molecule has 2 amide bonds. The van der Waals surface area contributed by atoms with Gasteiger partial charge in [-0.2, -0.15) is 0 Å². The third-order valence-electron chi connectivity index (χ3n) is 4.51. The molecule has 0 aliphatic carbocycles. The summed E-state index contributed by atoms with van der Waals surface area (Å²) < 4.78 is 0. The number of hydrogen-bond donors (Lipinski definition) is 0. The molecule has 0 radical (unpaired) electrons. The Morgan fingerprint density at radius 1 is 1.21 bits per heavy atom. The maximum Gasteiger partial charge on any atom is 0.253 e. The van der Waals surface area contributed by atoms with Gasteiger partial charge in [0.05, 0.1) is 6.54 Å². The maximum atomic E-state index is 12.5. The quantitative estimate of drug-likeness (QED) is 0.767. The zero-order chi connectivity index (χ0) is 17.5. The number of carbonyl (C=O) groups is 2. The van der Waals surface area contributed by atoms with Gasteiger partial charge in [-0.25, -0.2) is 0 Å². The number of carbonyl (C=O) groups excluding carboxylic acids is 2. The second kappa shape index (κ2) is 8.83. The number of rotatable bonds is 7. The molecule has 1 aliphatic rings. The van der Waals surface area contributed by atoms with Gasteiger partial charge in [-0.3, -0.25) is 14.5 Å². The van der Waals surface area contributed by atoms with Crippen LogP contribution in [-0.4, -0.2) is 73.3 Å². The van der Waals surface area contributed by atoms with Crippen molar-refractivity contribution in [1.29, 1.82) is 0 Å². The highest BCUT2D eigenvalue weighted by molar-refractivity contribution is 5.94. The van der Waals surface area contributed by atoms with Gasteiger partial charge in [0.1, 0.15) is 0 Å². The van der Waals surface area contributed by atoms with E-state index in [-0.39, 0.29) is 11.8 Å². The van der Waals surface area contributed by atoms with Crippen molar-refractivity contribution in [3.05, 3.63) is 35.9 Å². The first-order valence-electron chi connectivity index (χ1n) is 8.78. The van der Waals surface area contributed by atoms with E-state index in [2.05, 4.69) is 11.8 Å². The molecule has 1 heterocycles. The third-order valence-corrected chi connectivity index (χ3v) is 4.51. The fraction of sp³-hybridized carbons (Fsp3) is 0.579. The Kier molecular flexibility index (Phi) is 6.79. The molecule has 1 fully saturated rings. The van der Waals surface area contributed by atoms with Crippen LogP contribution in [0.25, 0.3) is 0 Å². The molecule has 0 saturated carbocycles. The number of benzene rings is 1. The van der Waals surface area contributed by atoms with Crippen molar-refractivity contribution in [2.24, 2.45) is 5.92 Å². The van der Waals surface area contributed by atoms with Gasteiger partial charge in [-0.05, 0) is 37.4 Å². The van der Waals surface area contributed by atoms with Crippen molar-refractivity contribution in [2.45, 2.75) is 19.8 Å². The normalized spacial score (nSPS) is 17.3. The van der Waals surface area contributed by atoms with Crippen LogP contribution in [0.3, 0.4) is 0 Å². The van der Waals surface area contributed by atoms with E-state index >= 15 is 0 Å². The summed E-state index contributed by atoms with van der Waals surface area (Å²) >= 11 is 0. The van der Waals surface area contributed by atoms with Crippen molar-refractivity contribution < 1.29 is 9.59 Å². The average molecular weight is 331 g/mol. The summed E-state index contributed by atoms with van der Waals surface area (Å²) in [5, 5.41) is 0. The fourth-order valence-electron chi connectivity index (χ4n) is 3.18. The van der Waals surface area contributed by atoms with Crippen molar-refractivity contribution in [1.82, 2.24) is 14.7 Å². The highest BCUT2D eigenvalue weighted by atomic mass is 16.2. The fourth-order valence-corrected chi connectivity index (χ4v) is 3.18. The van der Waals surface area contributed by atoms with Gasteiger partial charge >= 0.3 is 0 Å². The minimum atomic E-state index is 0.115. The molecule has 24 heavy (non-hydrogen) atoms. The molecule has 0 N–H and O–H groups in total.